The summed E-state index contributed by atoms with van der Waals surface area (Å²) in [6.07, 6.45) is 34.2. The SMILES string of the molecule is C=CCOC(=O)C(CCCCCCC/C=C/CCCCCCCCCCCCCCCC)CC(=O)O. The highest BCUT2D eigenvalue weighted by Crippen LogP contribution is 2.18. The maximum Gasteiger partial charge on any atom is 0.309 e. The first-order chi connectivity index (χ1) is 17.6. The highest BCUT2D eigenvalue weighted by Gasteiger charge is 2.22. The van der Waals surface area contributed by atoms with Gasteiger partial charge in [-0.3, -0.25) is 9.59 Å². The van der Waals surface area contributed by atoms with Gasteiger partial charge in [0.25, 0.3) is 0 Å². The monoisotopic (exact) mass is 506 g/mol. The number of carbonyl (C=O) groups excluding carboxylic acids is 1. The molecule has 0 aromatic heterocycles. The molecule has 0 radical (unpaired) electrons. The highest BCUT2D eigenvalue weighted by atomic mass is 16.5. The van der Waals surface area contributed by atoms with E-state index >= 15 is 0 Å². The summed E-state index contributed by atoms with van der Waals surface area (Å²) in [6.45, 7) is 5.94. The van der Waals surface area contributed by atoms with E-state index in [2.05, 4.69) is 25.7 Å². The van der Waals surface area contributed by atoms with Crippen molar-refractivity contribution < 1.29 is 19.4 Å². The molecule has 1 atom stereocenters. The molecule has 0 fully saturated rings. The molecule has 0 rings (SSSR count). The van der Waals surface area contributed by atoms with Crippen LogP contribution in [0.5, 0.6) is 0 Å². The van der Waals surface area contributed by atoms with E-state index in [9.17, 15) is 9.59 Å². The molecule has 0 saturated heterocycles. The zero-order chi connectivity index (χ0) is 26.5. The molecule has 0 amide bonds. The van der Waals surface area contributed by atoms with Gasteiger partial charge in [0.05, 0.1) is 12.3 Å². The number of carbonyl (C=O) groups is 2. The minimum absolute atomic E-state index is 0.141. The first-order valence-electron chi connectivity index (χ1n) is 15.3. The van der Waals surface area contributed by atoms with E-state index in [0.717, 1.165) is 25.7 Å². The molecule has 0 aliphatic carbocycles. The average Bonchev–Trinajstić information content (AvgIpc) is 2.86. The maximum atomic E-state index is 12.0. The molecular weight excluding hydrogens is 448 g/mol. The molecule has 0 saturated carbocycles. The molecule has 1 N–H and O–H groups in total. The number of aliphatic carboxylic acids is 1. The lowest BCUT2D eigenvalue weighted by Crippen LogP contribution is -2.21. The Morgan fingerprint density at radius 1 is 0.694 bits per heavy atom. The first kappa shape index (κ1) is 34.4. The van der Waals surface area contributed by atoms with Gasteiger partial charge >= 0.3 is 11.9 Å². The van der Waals surface area contributed by atoms with Crippen molar-refractivity contribution in [1.82, 2.24) is 0 Å². The third-order valence-corrected chi connectivity index (χ3v) is 6.91. The number of unbranched alkanes of at least 4 members (excludes halogenated alkanes) is 19. The number of carboxylic acid groups (broad SMARTS) is 1. The van der Waals surface area contributed by atoms with Crippen molar-refractivity contribution in [2.75, 3.05) is 6.61 Å². The summed E-state index contributed by atoms with van der Waals surface area (Å²) in [5, 5.41) is 9.01. The van der Waals surface area contributed by atoms with Gasteiger partial charge in [-0.2, -0.15) is 0 Å². The molecule has 0 aliphatic rings. The van der Waals surface area contributed by atoms with Crippen molar-refractivity contribution in [3.05, 3.63) is 24.8 Å². The molecule has 210 valence electrons. The van der Waals surface area contributed by atoms with Gasteiger partial charge in [-0.05, 0) is 32.1 Å². The summed E-state index contributed by atoms with van der Waals surface area (Å²) in [7, 11) is 0. The van der Waals surface area contributed by atoms with Crippen LogP contribution >= 0.6 is 0 Å². The minimum atomic E-state index is -0.948. The van der Waals surface area contributed by atoms with Crippen LogP contribution in [0.2, 0.25) is 0 Å². The topological polar surface area (TPSA) is 63.6 Å². The molecule has 4 nitrogen and oxygen atoms in total. The van der Waals surface area contributed by atoms with E-state index in [4.69, 9.17) is 9.84 Å². The van der Waals surface area contributed by atoms with Crippen LogP contribution in [0, 0.1) is 5.92 Å². The average molecular weight is 507 g/mol. The Kier molecular flexibility index (Phi) is 26.8. The maximum absolute atomic E-state index is 12.0. The van der Waals surface area contributed by atoms with Crippen molar-refractivity contribution in [2.24, 2.45) is 5.92 Å². The zero-order valence-electron chi connectivity index (χ0n) is 23.7. The van der Waals surface area contributed by atoms with Gasteiger partial charge in [-0.1, -0.05) is 141 Å². The number of esters is 1. The lowest BCUT2D eigenvalue weighted by atomic mass is 9.97. The van der Waals surface area contributed by atoms with E-state index in [1.807, 2.05) is 0 Å². The standard InChI is InChI=1S/C32H58O4/c1-3-5-6-7-8-9-10-11-12-13-14-15-16-17-18-19-20-21-22-23-24-25-26-27-30(29-31(33)34)32(35)36-28-4-2/h4,19-20,30H,2-3,5-18,21-29H2,1H3,(H,33,34)/b20-19+. The van der Waals surface area contributed by atoms with Crippen LogP contribution < -0.4 is 0 Å². The fraction of sp³-hybridized carbons (Fsp3) is 0.812. The zero-order valence-corrected chi connectivity index (χ0v) is 23.7. The number of ether oxygens (including phenoxy) is 1. The third kappa shape index (κ3) is 25.5. The Morgan fingerprint density at radius 2 is 1.11 bits per heavy atom. The summed E-state index contributed by atoms with van der Waals surface area (Å²) in [5.74, 6) is -1.90. The second kappa shape index (κ2) is 28.0. The predicted octanol–water partition coefficient (Wildman–Crippen LogP) is 9.96. The summed E-state index contributed by atoms with van der Waals surface area (Å²) in [4.78, 5) is 22.9. The predicted molar refractivity (Wildman–Crippen MR) is 153 cm³/mol. The van der Waals surface area contributed by atoms with Crippen LogP contribution in [-0.4, -0.2) is 23.7 Å². The van der Waals surface area contributed by atoms with Gasteiger partial charge in [0, 0.05) is 0 Å². The summed E-state index contributed by atoms with van der Waals surface area (Å²) in [6, 6.07) is 0. The molecule has 0 spiro atoms. The van der Waals surface area contributed by atoms with E-state index in [1.54, 1.807) is 0 Å². The Morgan fingerprint density at radius 3 is 1.53 bits per heavy atom. The fourth-order valence-electron chi connectivity index (χ4n) is 4.65. The molecule has 0 aliphatic heterocycles. The first-order valence-corrected chi connectivity index (χ1v) is 15.3. The Labute approximate surface area is 223 Å². The number of rotatable bonds is 28. The Balaban J connectivity index is 3.42. The number of carboxylic acids is 1. The second-order valence-corrected chi connectivity index (χ2v) is 10.4. The molecular formula is C32H58O4. The van der Waals surface area contributed by atoms with Gasteiger partial charge in [0.2, 0.25) is 0 Å². The van der Waals surface area contributed by atoms with Crippen LogP contribution in [0.15, 0.2) is 24.8 Å². The largest absolute Gasteiger partial charge is 0.481 e. The summed E-state index contributed by atoms with van der Waals surface area (Å²) >= 11 is 0. The van der Waals surface area contributed by atoms with Crippen molar-refractivity contribution in [1.29, 1.82) is 0 Å². The number of hydrogen-bond acceptors (Lipinski definition) is 3. The van der Waals surface area contributed by atoms with Crippen LogP contribution in [0.3, 0.4) is 0 Å². The van der Waals surface area contributed by atoms with Gasteiger partial charge in [0.15, 0.2) is 0 Å². The lowest BCUT2D eigenvalue weighted by molar-refractivity contribution is -0.152. The molecule has 1 unspecified atom stereocenters. The van der Waals surface area contributed by atoms with Crippen LogP contribution in [0.1, 0.15) is 155 Å². The smallest absolute Gasteiger partial charge is 0.309 e. The van der Waals surface area contributed by atoms with Gasteiger partial charge in [-0.25, -0.2) is 0 Å². The van der Waals surface area contributed by atoms with Crippen molar-refractivity contribution in [3.8, 4) is 0 Å². The molecule has 4 heteroatoms. The number of allylic oxidation sites excluding steroid dienone is 2. The van der Waals surface area contributed by atoms with E-state index in [-0.39, 0.29) is 13.0 Å². The summed E-state index contributed by atoms with van der Waals surface area (Å²) in [5.41, 5.74) is 0. The van der Waals surface area contributed by atoms with E-state index < -0.39 is 17.9 Å². The van der Waals surface area contributed by atoms with Crippen molar-refractivity contribution >= 4 is 11.9 Å². The minimum Gasteiger partial charge on any atom is -0.481 e. The Hall–Kier alpha value is -1.58. The molecule has 0 heterocycles. The molecule has 0 aromatic carbocycles. The summed E-state index contributed by atoms with van der Waals surface area (Å²) < 4.78 is 5.03. The Bertz CT molecular complexity index is 540. The fourth-order valence-corrected chi connectivity index (χ4v) is 4.65. The van der Waals surface area contributed by atoms with E-state index in [1.165, 1.54) is 115 Å². The van der Waals surface area contributed by atoms with Gasteiger partial charge < -0.3 is 9.84 Å². The third-order valence-electron chi connectivity index (χ3n) is 6.91. The molecule has 0 aromatic rings. The van der Waals surface area contributed by atoms with Crippen molar-refractivity contribution in [3.63, 3.8) is 0 Å². The number of hydrogen-bond donors (Lipinski definition) is 1. The quantitative estimate of drug-likeness (QED) is 0.0651. The van der Waals surface area contributed by atoms with Crippen LogP contribution in [-0.2, 0) is 14.3 Å². The highest BCUT2D eigenvalue weighted by molar-refractivity contribution is 5.79. The van der Waals surface area contributed by atoms with Crippen LogP contribution in [0.25, 0.3) is 0 Å². The normalized spacial score (nSPS) is 12.1. The molecule has 36 heavy (non-hydrogen) atoms. The van der Waals surface area contributed by atoms with Crippen LogP contribution in [0.4, 0.5) is 0 Å². The lowest BCUT2D eigenvalue weighted by Gasteiger charge is -2.13. The second-order valence-electron chi connectivity index (χ2n) is 10.4. The van der Waals surface area contributed by atoms with Crippen molar-refractivity contribution in [2.45, 2.75) is 155 Å². The molecule has 0 bridgehead atoms. The van der Waals surface area contributed by atoms with Gasteiger partial charge in [0.1, 0.15) is 6.61 Å². The van der Waals surface area contributed by atoms with E-state index in [0.29, 0.717) is 6.42 Å². The van der Waals surface area contributed by atoms with Gasteiger partial charge in [-0.15, -0.1) is 0 Å².